The predicted octanol–water partition coefficient (Wildman–Crippen LogP) is 5.00. The first-order valence-corrected chi connectivity index (χ1v) is 12.1. The lowest BCUT2D eigenvalue weighted by atomic mass is 10.0. The summed E-state index contributed by atoms with van der Waals surface area (Å²) in [6.45, 7) is 7.42. The van der Waals surface area contributed by atoms with Gasteiger partial charge in [-0.2, -0.15) is 0 Å². The van der Waals surface area contributed by atoms with Crippen molar-refractivity contribution in [3.63, 3.8) is 0 Å². The number of hydrogen-bond acceptors (Lipinski definition) is 4. The number of rotatable bonds is 7. The molecule has 178 valence electrons. The van der Waals surface area contributed by atoms with Gasteiger partial charge in [0.15, 0.2) is 5.84 Å². The second-order valence-electron chi connectivity index (χ2n) is 9.68. The summed E-state index contributed by atoms with van der Waals surface area (Å²) in [5.74, 6) is 1.70. The van der Waals surface area contributed by atoms with Crippen molar-refractivity contribution in [1.29, 1.82) is 0 Å². The molecule has 3 N–H and O–H groups in total. The molecule has 1 aliphatic heterocycles. The van der Waals surface area contributed by atoms with E-state index in [9.17, 15) is 10.0 Å². The normalized spacial score (nSPS) is 18.7. The van der Waals surface area contributed by atoms with Gasteiger partial charge in [0.25, 0.3) is 0 Å². The highest BCUT2D eigenvalue weighted by atomic mass is 16.5. The smallest absolute Gasteiger partial charge is 0.325 e. The van der Waals surface area contributed by atoms with Crippen LogP contribution in [-0.2, 0) is 6.54 Å². The van der Waals surface area contributed by atoms with Crippen molar-refractivity contribution < 1.29 is 10.0 Å². The van der Waals surface area contributed by atoms with Crippen molar-refractivity contribution >= 4 is 28.6 Å². The van der Waals surface area contributed by atoms with E-state index in [0.29, 0.717) is 30.9 Å². The molecule has 3 aromatic rings. The third kappa shape index (κ3) is 4.25. The molecule has 1 unspecified atom stereocenters. The van der Waals surface area contributed by atoms with Crippen LogP contribution < -0.4 is 10.4 Å². The van der Waals surface area contributed by atoms with Crippen LogP contribution in [0.15, 0.2) is 47.5 Å². The number of nitrogens with zero attached hydrogens (tertiary/aromatic N) is 4. The summed E-state index contributed by atoms with van der Waals surface area (Å²) < 4.78 is 0. The number of carbonyl (C=O) groups is 1. The predicted molar refractivity (Wildman–Crippen MR) is 133 cm³/mol. The second kappa shape index (κ2) is 9.10. The van der Waals surface area contributed by atoms with E-state index >= 15 is 0 Å². The molecular formula is C26H32N6O2. The molecule has 1 fully saturated rings. The number of fused-ring (bicyclic) bond motifs is 2. The van der Waals surface area contributed by atoms with Crippen molar-refractivity contribution in [3.05, 3.63) is 59.4 Å². The lowest BCUT2D eigenvalue weighted by Gasteiger charge is -2.41. The first-order valence-electron chi connectivity index (χ1n) is 12.1. The largest absolute Gasteiger partial charge is 0.340 e. The molecule has 2 amide bonds. The number of H-pyrrole nitrogens is 1. The molecule has 0 radical (unpaired) electrons. The van der Waals surface area contributed by atoms with Crippen molar-refractivity contribution in [2.75, 3.05) is 11.4 Å². The van der Waals surface area contributed by atoms with Crippen LogP contribution in [0.4, 0.5) is 10.5 Å². The Labute approximate surface area is 199 Å². The zero-order valence-electron chi connectivity index (χ0n) is 20.0. The number of carbonyl (C=O) groups excluding carboxylic acids is 1. The molecule has 1 aliphatic carbocycles. The van der Waals surface area contributed by atoms with Gasteiger partial charge in [-0.1, -0.05) is 32.0 Å². The topological polar surface area (TPSA) is 96.8 Å². The van der Waals surface area contributed by atoms with Crippen LogP contribution in [0.3, 0.4) is 0 Å². The number of anilines is 1. The van der Waals surface area contributed by atoms with E-state index in [1.165, 1.54) is 5.56 Å². The zero-order valence-corrected chi connectivity index (χ0v) is 20.0. The van der Waals surface area contributed by atoms with Gasteiger partial charge in [0.05, 0.1) is 29.3 Å². The molecule has 2 aromatic carbocycles. The quantitative estimate of drug-likeness (QED) is 0.263. The number of benzene rings is 2. The Bertz CT molecular complexity index is 1230. The van der Waals surface area contributed by atoms with Gasteiger partial charge >= 0.3 is 6.03 Å². The molecule has 8 heteroatoms. The Morgan fingerprint density at radius 2 is 2.06 bits per heavy atom. The number of aromatic amines is 1. The summed E-state index contributed by atoms with van der Waals surface area (Å²) in [5, 5.41) is 9.60. The average Bonchev–Trinajstić information content (AvgIpc) is 3.57. The van der Waals surface area contributed by atoms with E-state index in [2.05, 4.69) is 42.3 Å². The molecular weight excluding hydrogens is 428 g/mol. The lowest BCUT2D eigenvalue weighted by molar-refractivity contribution is 0.176. The minimum atomic E-state index is 0.0406. The van der Waals surface area contributed by atoms with Crippen LogP contribution in [0.2, 0.25) is 0 Å². The Kier molecular flexibility index (Phi) is 6.00. The fourth-order valence-electron chi connectivity index (χ4n) is 4.68. The molecule has 1 saturated carbocycles. The maximum absolute atomic E-state index is 13.5. The van der Waals surface area contributed by atoms with Gasteiger partial charge in [-0.3, -0.25) is 20.6 Å². The molecule has 0 bridgehead atoms. The third-order valence-electron chi connectivity index (χ3n) is 6.68. The molecule has 5 rings (SSSR count). The van der Waals surface area contributed by atoms with E-state index in [1.807, 2.05) is 46.2 Å². The summed E-state index contributed by atoms with van der Waals surface area (Å²) in [6, 6.07) is 14.3. The average molecular weight is 461 g/mol. The SMILES string of the molecule is CC(C)CCN=C(NO)c1ccc2nc(CN3C(=O)N(C4CC4)C(C)c4ccccc43)[nH]c2c1. The lowest BCUT2D eigenvalue weighted by Crippen LogP contribution is -2.49. The molecule has 1 atom stereocenters. The molecule has 0 saturated heterocycles. The number of hydrogen-bond donors (Lipinski definition) is 3. The van der Waals surface area contributed by atoms with E-state index < -0.39 is 0 Å². The minimum Gasteiger partial charge on any atom is -0.340 e. The Morgan fingerprint density at radius 1 is 1.26 bits per heavy atom. The van der Waals surface area contributed by atoms with Crippen LogP contribution in [-0.4, -0.2) is 44.5 Å². The zero-order chi connectivity index (χ0) is 23.8. The molecule has 2 heterocycles. The van der Waals surface area contributed by atoms with Gasteiger partial charge in [0.2, 0.25) is 0 Å². The van der Waals surface area contributed by atoms with Gasteiger partial charge in [0, 0.05) is 18.2 Å². The first-order chi connectivity index (χ1) is 16.5. The number of amides is 2. The molecule has 34 heavy (non-hydrogen) atoms. The molecule has 1 aromatic heterocycles. The standard InChI is InChI=1S/C26H32N6O2/c1-16(2)12-13-27-25(30-34)18-8-11-21-22(14-18)29-24(28-21)15-31-23-7-5-4-6-20(23)17(3)32(26(31)33)19-9-10-19/h4-8,11,14,16-17,19,34H,9-10,12-13,15H2,1-3H3,(H,27,30)(H,28,29). The Balaban J connectivity index is 1.42. The van der Waals surface area contributed by atoms with Crippen LogP contribution in [0.1, 0.15) is 63.0 Å². The number of para-hydroxylation sites is 1. The van der Waals surface area contributed by atoms with Crippen molar-refractivity contribution in [2.45, 2.75) is 58.7 Å². The fourth-order valence-corrected chi connectivity index (χ4v) is 4.68. The van der Waals surface area contributed by atoms with Gasteiger partial charge < -0.3 is 9.88 Å². The third-order valence-corrected chi connectivity index (χ3v) is 6.68. The van der Waals surface area contributed by atoms with Crippen LogP contribution >= 0.6 is 0 Å². The van der Waals surface area contributed by atoms with Crippen molar-refractivity contribution in [1.82, 2.24) is 20.3 Å². The number of amidine groups is 1. The maximum atomic E-state index is 13.5. The number of aromatic nitrogens is 2. The van der Waals surface area contributed by atoms with Gasteiger partial charge in [-0.25, -0.2) is 9.78 Å². The highest BCUT2D eigenvalue weighted by Gasteiger charge is 2.43. The highest BCUT2D eigenvalue weighted by Crippen LogP contribution is 2.42. The summed E-state index contributed by atoms with van der Waals surface area (Å²) in [7, 11) is 0. The van der Waals surface area contributed by atoms with E-state index in [-0.39, 0.29) is 12.1 Å². The summed E-state index contributed by atoms with van der Waals surface area (Å²) >= 11 is 0. The first kappa shape index (κ1) is 22.4. The fraction of sp³-hybridized carbons (Fsp3) is 0.423. The number of hydroxylamine groups is 1. The molecule has 2 aliphatic rings. The van der Waals surface area contributed by atoms with Gasteiger partial charge in [-0.05, 0) is 61.9 Å². The monoisotopic (exact) mass is 460 g/mol. The van der Waals surface area contributed by atoms with Crippen molar-refractivity contribution in [2.24, 2.45) is 10.9 Å². The van der Waals surface area contributed by atoms with Gasteiger partial charge in [0.1, 0.15) is 5.82 Å². The molecule has 8 nitrogen and oxygen atoms in total. The van der Waals surface area contributed by atoms with Crippen molar-refractivity contribution in [3.8, 4) is 0 Å². The van der Waals surface area contributed by atoms with E-state index in [0.717, 1.165) is 47.4 Å². The Morgan fingerprint density at radius 3 is 2.79 bits per heavy atom. The van der Waals surface area contributed by atoms with Crippen LogP contribution in [0.25, 0.3) is 11.0 Å². The number of imidazole rings is 1. The van der Waals surface area contributed by atoms with Crippen LogP contribution in [0.5, 0.6) is 0 Å². The minimum absolute atomic E-state index is 0.0406. The van der Waals surface area contributed by atoms with Crippen LogP contribution in [0, 0.1) is 5.92 Å². The summed E-state index contributed by atoms with van der Waals surface area (Å²) in [6.07, 6.45) is 3.09. The summed E-state index contributed by atoms with van der Waals surface area (Å²) in [5.41, 5.74) is 6.77. The highest BCUT2D eigenvalue weighted by molar-refractivity contribution is 6.00. The number of urea groups is 1. The molecule has 0 spiro atoms. The second-order valence-corrected chi connectivity index (χ2v) is 9.68. The summed E-state index contributed by atoms with van der Waals surface area (Å²) in [4.78, 5) is 30.0. The number of aliphatic imine (C=N–C) groups is 1. The maximum Gasteiger partial charge on any atom is 0.325 e. The number of nitrogens with one attached hydrogen (secondary N) is 2. The van der Waals surface area contributed by atoms with E-state index in [1.54, 1.807) is 0 Å². The Hall–Kier alpha value is -3.39. The van der Waals surface area contributed by atoms with E-state index in [4.69, 9.17) is 4.98 Å². The van der Waals surface area contributed by atoms with Gasteiger partial charge in [-0.15, -0.1) is 0 Å².